The Morgan fingerprint density at radius 3 is 2.65 bits per heavy atom. The maximum Gasteiger partial charge on any atom is 0.205 e. The quantitative estimate of drug-likeness (QED) is 0.461. The van der Waals surface area contributed by atoms with Crippen LogP contribution in [0.4, 0.5) is 0 Å². The minimum Gasteiger partial charge on any atom is -0.494 e. The summed E-state index contributed by atoms with van der Waals surface area (Å²) in [6.45, 7) is 3.53. The molecule has 2 aliphatic heterocycles. The summed E-state index contributed by atoms with van der Waals surface area (Å²) < 4.78 is 7.96. The average Bonchev–Trinajstić information content (AvgIpc) is 2.96. The van der Waals surface area contributed by atoms with Gasteiger partial charge in [-0.15, -0.1) is 0 Å². The Bertz CT molecular complexity index is 854. The number of aliphatic hydroxyl groups is 1. The molecule has 2 bridgehead atoms. The summed E-state index contributed by atoms with van der Waals surface area (Å²) in [7, 11) is 0. The van der Waals surface area contributed by atoms with E-state index in [0.29, 0.717) is 32.0 Å². The molecule has 4 heterocycles. The molecule has 8 heteroatoms. The number of aliphatic hydroxyl groups excluding tert-OH is 1. The van der Waals surface area contributed by atoms with Crippen LogP contribution in [0.2, 0.25) is 5.15 Å². The third kappa shape index (κ3) is 1.79. The predicted octanol–water partition coefficient (Wildman–Crippen LogP) is 2.77. The molecule has 0 spiro atoms. The van der Waals surface area contributed by atoms with Gasteiger partial charge in [-0.1, -0.05) is 11.6 Å². The van der Waals surface area contributed by atoms with Gasteiger partial charge in [-0.2, -0.15) is 0 Å². The van der Waals surface area contributed by atoms with Gasteiger partial charge in [0.25, 0.3) is 0 Å². The van der Waals surface area contributed by atoms with Crippen LogP contribution in [0.1, 0.15) is 31.4 Å². The maximum atomic E-state index is 10.7. The van der Waals surface area contributed by atoms with Gasteiger partial charge in [-0.25, -0.2) is 9.55 Å². The van der Waals surface area contributed by atoms with E-state index in [-0.39, 0.29) is 11.8 Å². The van der Waals surface area contributed by atoms with Crippen molar-refractivity contribution >= 4 is 34.2 Å². The first-order valence-electron chi connectivity index (χ1n) is 7.06. The van der Waals surface area contributed by atoms with Crippen LogP contribution in [0.5, 0.6) is 11.8 Å². The van der Waals surface area contributed by atoms with Gasteiger partial charge in [0.2, 0.25) is 11.8 Å². The van der Waals surface area contributed by atoms with Gasteiger partial charge >= 0.3 is 0 Å². The Kier molecular flexibility index (Phi) is 3.05. The molecular formula is C15H14ClIN2O4. The van der Waals surface area contributed by atoms with Crippen LogP contribution in [0.25, 0.3) is 5.69 Å². The lowest BCUT2D eigenvalue weighted by Gasteiger charge is -2.25. The minimum atomic E-state index is -1.04. The van der Waals surface area contributed by atoms with Gasteiger partial charge in [-0.3, -0.25) is 0 Å². The predicted molar refractivity (Wildman–Crippen MR) is 91.0 cm³/mol. The van der Waals surface area contributed by atoms with Gasteiger partial charge in [0.1, 0.15) is 10.8 Å². The molecule has 6 nitrogen and oxygen atoms in total. The largest absolute Gasteiger partial charge is 0.494 e. The first-order valence-corrected chi connectivity index (χ1v) is 8.52. The van der Waals surface area contributed by atoms with Crippen molar-refractivity contribution < 1.29 is 20.1 Å². The Morgan fingerprint density at radius 2 is 2.00 bits per heavy atom. The van der Waals surface area contributed by atoms with E-state index in [1.807, 2.05) is 22.6 Å². The van der Waals surface area contributed by atoms with Crippen LogP contribution < -0.4 is 0 Å². The number of aromatic nitrogens is 2. The van der Waals surface area contributed by atoms with Crippen LogP contribution in [-0.4, -0.2) is 31.0 Å². The number of hydrogen-bond acceptors (Lipinski definition) is 5. The molecule has 0 saturated carbocycles. The first-order chi connectivity index (χ1) is 10.7. The number of nitrogens with zero attached hydrogens (tertiary/aromatic N) is 2. The second kappa shape index (κ2) is 4.53. The molecule has 1 fully saturated rings. The number of pyridine rings is 1. The van der Waals surface area contributed by atoms with Crippen molar-refractivity contribution in [2.24, 2.45) is 0 Å². The summed E-state index contributed by atoms with van der Waals surface area (Å²) in [5, 5.41) is 32.1. The molecule has 4 rings (SSSR count). The van der Waals surface area contributed by atoms with E-state index in [1.54, 1.807) is 19.9 Å². The zero-order valence-electron chi connectivity index (χ0n) is 12.3. The van der Waals surface area contributed by atoms with Crippen molar-refractivity contribution in [3.63, 3.8) is 0 Å². The molecule has 1 saturated heterocycles. The zero-order valence-corrected chi connectivity index (χ0v) is 15.3. The van der Waals surface area contributed by atoms with Gasteiger partial charge in [0, 0.05) is 6.42 Å². The number of ether oxygens (including phenoxy) is 1. The van der Waals surface area contributed by atoms with Crippen LogP contribution in [0.15, 0.2) is 12.3 Å². The molecule has 0 amide bonds. The molecule has 2 unspecified atom stereocenters. The second-order valence-electron chi connectivity index (χ2n) is 6.36. The number of fused-ring (bicyclic) bond motifs is 5. The maximum absolute atomic E-state index is 10.7. The van der Waals surface area contributed by atoms with Crippen molar-refractivity contribution in [2.75, 3.05) is 0 Å². The molecule has 0 aliphatic carbocycles. The van der Waals surface area contributed by atoms with Gasteiger partial charge < -0.3 is 20.1 Å². The van der Waals surface area contributed by atoms with E-state index in [9.17, 15) is 15.3 Å². The fourth-order valence-corrected chi connectivity index (χ4v) is 4.37. The molecule has 3 N–H and O–H groups in total. The third-order valence-corrected chi connectivity index (χ3v) is 6.28. The van der Waals surface area contributed by atoms with Crippen molar-refractivity contribution in [3.05, 3.63) is 32.1 Å². The van der Waals surface area contributed by atoms with Crippen molar-refractivity contribution in [1.82, 2.24) is 9.55 Å². The number of hydrogen-bond donors (Lipinski definition) is 3. The summed E-state index contributed by atoms with van der Waals surface area (Å²) in [6.07, 6.45) is 1.09. The number of aromatic hydroxyl groups is 2. The molecule has 122 valence electrons. The topological polar surface area (TPSA) is 87.7 Å². The lowest BCUT2D eigenvalue weighted by atomic mass is 9.78. The molecular weight excluding hydrogens is 435 g/mol. The lowest BCUT2D eigenvalue weighted by Crippen LogP contribution is -2.32. The smallest absolute Gasteiger partial charge is 0.205 e. The van der Waals surface area contributed by atoms with E-state index in [2.05, 4.69) is 4.98 Å². The van der Waals surface area contributed by atoms with Crippen LogP contribution >= 0.6 is 34.2 Å². The highest BCUT2D eigenvalue weighted by atomic mass is 127. The summed E-state index contributed by atoms with van der Waals surface area (Å²) in [5.74, 6) is -0.252. The SMILES string of the molecule is CC12C[C@@H](O)C(C)(O1)c1c2c(O)n(-c2cnc(Cl)c(I)c2)c1O. The zero-order chi connectivity index (χ0) is 16.7. The van der Waals surface area contributed by atoms with E-state index in [4.69, 9.17) is 16.3 Å². The third-order valence-electron chi connectivity index (χ3n) is 4.84. The monoisotopic (exact) mass is 448 g/mol. The van der Waals surface area contributed by atoms with Crippen molar-refractivity contribution in [2.45, 2.75) is 37.6 Å². The van der Waals surface area contributed by atoms with Crippen molar-refractivity contribution in [3.8, 4) is 17.4 Å². The van der Waals surface area contributed by atoms with Crippen LogP contribution in [0.3, 0.4) is 0 Å². The molecule has 2 aromatic heterocycles. The fraction of sp³-hybridized carbons (Fsp3) is 0.400. The summed E-state index contributed by atoms with van der Waals surface area (Å²) >= 11 is 7.97. The number of halogens is 2. The standard InChI is InChI=1S/C15H14ClIN2O4/c1-14-4-8(20)15(2,23-14)10-9(14)12(21)19(13(10)22)6-3-7(17)11(16)18-5-6/h3,5,8,20-22H,4H2,1-2H3/t8-,14?,15?/m1/s1. The molecule has 23 heavy (non-hydrogen) atoms. The van der Waals surface area contributed by atoms with Crippen LogP contribution in [0, 0.1) is 3.57 Å². The van der Waals surface area contributed by atoms with Crippen LogP contribution in [-0.2, 0) is 15.9 Å². The normalized spacial score (nSPS) is 31.6. The Balaban J connectivity index is 2.00. The second-order valence-corrected chi connectivity index (χ2v) is 7.88. The summed E-state index contributed by atoms with van der Waals surface area (Å²) in [5.41, 5.74) is -0.425. The Morgan fingerprint density at radius 1 is 1.35 bits per heavy atom. The van der Waals surface area contributed by atoms with E-state index >= 15 is 0 Å². The lowest BCUT2D eigenvalue weighted by molar-refractivity contribution is -0.0936. The van der Waals surface area contributed by atoms with Gasteiger partial charge in [0.05, 0.1) is 38.3 Å². The summed E-state index contributed by atoms with van der Waals surface area (Å²) in [4.78, 5) is 4.06. The molecule has 2 aromatic rings. The molecule has 3 atom stereocenters. The van der Waals surface area contributed by atoms with E-state index in [0.717, 1.165) is 0 Å². The Hall–Kier alpha value is -1.03. The minimum absolute atomic E-state index is 0.101. The first kappa shape index (κ1) is 15.5. The number of rotatable bonds is 1. The molecule has 0 aromatic carbocycles. The molecule has 2 aliphatic rings. The highest BCUT2D eigenvalue weighted by Gasteiger charge is 2.64. The average molecular weight is 449 g/mol. The highest BCUT2D eigenvalue weighted by Crippen LogP contribution is 2.64. The van der Waals surface area contributed by atoms with Gasteiger partial charge in [-0.05, 0) is 42.5 Å². The van der Waals surface area contributed by atoms with Crippen molar-refractivity contribution in [1.29, 1.82) is 0 Å². The Labute approximate surface area is 150 Å². The van der Waals surface area contributed by atoms with E-state index < -0.39 is 17.3 Å². The van der Waals surface area contributed by atoms with Gasteiger partial charge in [0.15, 0.2) is 0 Å². The van der Waals surface area contributed by atoms with E-state index in [1.165, 1.54) is 10.8 Å². The highest BCUT2D eigenvalue weighted by molar-refractivity contribution is 14.1. The molecule has 0 radical (unpaired) electrons. The fourth-order valence-electron chi connectivity index (χ4n) is 3.81. The summed E-state index contributed by atoms with van der Waals surface area (Å²) in [6, 6.07) is 1.72.